The fourth-order valence-electron chi connectivity index (χ4n) is 4.56. The lowest BCUT2D eigenvalue weighted by molar-refractivity contribution is -0.0609. The smallest absolute Gasteiger partial charge is 0.146 e. The van der Waals surface area contributed by atoms with Gasteiger partial charge in [0, 0.05) is 32.2 Å². The molecule has 2 saturated heterocycles. The Balaban J connectivity index is 1.26. The summed E-state index contributed by atoms with van der Waals surface area (Å²) in [4.78, 5) is 4.62. The third-order valence-corrected chi connectivity index (χ3v) is 6.80. The lowest BCUT2D eigenvalue weighted by Gasteiger charge is -2.44. The van der Waals surface area contributed by atoms with E-state index in [2.05, 4.69) is 9.80 Å². The molecule has 1 N–H and O–H groups in total. The van der Waals surface area contributed by atoms with Crippen LogP contribution in [0.3, 0.4) is 0 Å². The minimum absolute atomic E-state index is 0.146. The van der Waals surface area contributed by atoms with E-state index in [0.717, 1.165) is 44.6 Å². The summed E-state index contributed by atoms with van der Waals surface area (Å²) in [5, 5.41) is 11.6. The fraction of sp³-hybridized carbons (Fsp3) is 0.500. The number of nitrogens with zero attached hydrogens (tertiary/aromatic N) is 2. The van der Waals surface area contributed by atoms with E-state index in [9.17, 15) is 9.50 Å². The molecule has 0 aromatic heterocycles. The molecule has 0 saturated carbocycles. The van der Waals surface area contributed by atoms with Crippen LogP contribution in [0.2, 0.25) is 5.02 Å². The number of likely N-dealkylation sites (tertiary alicyclic amines) is 1. The lowest BCUT2D eigenvalue weighted by Crippen LogP contribution is -2.53. The lowest BCUT2D eigenvalue weighted by atomic mass is 9.90. The van der Waals surface area contributed by atoms with Crippen LogP contribution in [0.25, 0.3) is 0 Å². The first-order valence-electron chi connectivity index (χ1n) is 10.8. The summed E-state index contributed by atoms with van der Waals surface area (Å²) in [6, 6.07) is 13.2. The maximum absolute atomic E-state index is 14.1. The molecule has 2 aliphatic rings. The first kappa shape index (κ1) is 21.4. The highest BCUT2D eigenvalue weighted by Gasteiger charge is 2.36. The third-order valence-electron chi connectivity index (χ3n) is 6.49. The van der Waals surface area contributed by atoms with E-state index in [1.54, 1.807) is 6.07 Å². The minimum Gasteiger partial charge on any atom is -0.489 e. The van der Waals surface area contributed by atoms with Crippen LogP contribution in [0.5, 0.6) is 5.75 Å². The van der Waals surface area contributed by atoms with E-state index in [1.807, 2.05) is 37.3 Å². The van der Waals surface area contributed by atoms with Crippen molar-refractivity contribution in [3.05, 3.63) is 58.9 Å². The molecule has 2 aromatic rings. The predicted molar refractivity (Wildman–Crippen MR) is 119 cm³/mol. The molecule has 0 unspecified atom stereocenters. The van der Waals surface area contributed by atoms with Gasteiger partial charge in [0.05, 0.1) is 10.7 Å². The van der Waals surface area contributed by atoms with Crippen molar-refractivity contribution in [2.45, 2.75) is 44.2 Å². The number of ether oxygens (including phenoxy) is 1. The first-order valence-corrected chi connectivity index (χ1v) is 11.2. The van der Waals surface area contributed by atoms with E-state index in [1.165, 1.54) is 6.07 Å². The highest BCUT2D eigenvalue weighted by Crippen LogP contribution is 2.31. The van der Waals surface area contributed by atoms with Gasteiger partial charge in [-0.15, -0.1) is 0 Å². The van der Waals surface area contributed by atoms with Gasteiger partial charge in [0.15, 0.2) is 0 Å². The summed E-state index contributed by atoms with van der Waals surface area (Å²) in [7, 11) is 0. The topological polar surface area (TPSA) is 35.9 Å². The summed E-state index contributed by atoms with van der Waals surface area (Å²) in [5.41, 5.74) is 0.964. The molecule has 4 nitrogen and oxygen atoms in total. The number of piperidine rings is 2. The number of aryl methyl sites for hydroxylation is 1. The summed E-state index contributed by atoms with van der Waals surface area (Å²) in [5.74, 6) is 0.487. The van der Waals surface area contributed by atoms with Crippen molar-refractivity contribution in [1.29, 1.82) is 0 Å². The van der Waals surface area contributed by atoms with Crippen molar-refractivity contribution < 1.29 is 14.2 Å². The second-order valence-corrected chi connectivity index (χ2v) is 9.06. The molecule has 0 spiro atoms. The molecular formula is C24H30ClFN2O2. The Kier molecular flexibility index (Phi) is 6.51. The van der Waals surface area contributed by atoms with Crippen molar-refractivity contribution in [1.82, 2.24) is 4.90 Å². The number of halogens is 2. The highest BCUT2D eigenvalue weighted by atomic mass is 35.5. The molecule has 162 valence electrons. The van der Waals surface area contributed by atoms with Gasteiger partial charge in [0.1, 0.15) is 23.8 Å². The number of benzene rings is 2. The van der Waals surface area contributed by atoms with Gasteiger partial charge < -0.3 is 19.6 Å². The fourth-order valence-corrected chi connectivity index (χ4v) is 4.74. The standard InChI is InChI=1S/C24H30ClFN2O2/c1-18-6-7-20(25)23(16-18)30-17-24(29)10-14-27(15-11-24)19-8-12-28(13-9-19)22-5-3-2-4-21(22)26/h2-7,16,19,29H,8-15,17H2,1H3. The zero-order valence-corrected chi connectivity index (χ0v) is 18.2. The van der Waals surface area contributed by atoms with Gasteiger partial charge in [-0.05, 0) is 62.4 Å². The van der Waals surface area contributed by atoms with Gasteiger partial charge in [-0.25, -0.2) is 4.39 Å². The average Bonchev–Trinajstić information content (AvgIpc) is 2.76. The van der Waals surface area contributed by atoms with Gasteiger partial charge >= 0.3 is 0 Å². The number of anilines is 1. The van der Waals surface area contributed by atoms with E-state index >= 15 is 0 Å². The SMILES string of the molecule is Cc1ccc(Cl)c(OCC2(O)CCN(C3CCN(c4ccccc4F)CC3)CC2)c1. The van der Waals surface area contributed by atoms with E-state index in [-0.39, 0.29) is 12.4 Å². The van der Waals surface area contributed by atoms with Crippen LogP contribution in [0, 0.1) is 12.7 Å². The van der Waals surface area contributed by atoms with Crippen LogP contribution in [-0.4, -0.2) is 54.4 Å². The number of rotatable bonds is 5. The molecular weight excluding hydrogens is 403 g/mol. The Morgan fingerprint density at radius 2 is 1.80 bits per heavy atom. The molecule has 0 radical (unpaired) electrons. The van der Waals surface area contributed by atoms with Gasteiger partial charge in [-0.1, -0.05) is 29.8 Å². The molecule has 4 rings (SSSR count). The summed E-state index contributed by atoms with van der Waals surface area (Å²) in [6.07, 6.45) is 3.40. The Bertz CT molecular complexity index is 862. The normalized spacial score (nSPS) is 20.3. The summed E-state index contributed by atoms with van der Waals surface area (Å²) < 4.78 is 19.9. The number of hydrogen-bond donors (Lipinski definition) is 1. The van der Waals surface area contributed by atoms with E-state index < -0.39 is 5.60 Å². The molecule has 2 aromatic carbocycles. The summed E-state index contributed by atoms with van der Waals surface area (Å²) in [6.45, 7) is 5.68. The second kappa shape index (κ2) is 9.13. The average molecular weight is 433 g/mol. The van der Waals surface area contributed by atoms with Gasteiger partial charge in [-0.3, -0.25) is 0 Å². The Morgan fingerprint density at radius 3 is 2.50 bits per heavy atom. The Morgan fingerprint density at radius 1 is 1.10 bits per heavy atom. The molecule has 2 aliphatic heterocycles. The number of hydrogen-bond acceptors (Lipinski definition) is 4. The molecule has 0 bridgehead atoms. The van der Waals surface area contributed by atoms with Gasteiger partial charge in [-0.2, -0.15) is 0 Å². The molecule has 0 atom stereocenters. The van der Waals surface area contributed by atoms with Crippen LogP contribution >= 0.6 is 11.6 Å². The van der Waals surface area contributed by atoms with E-state index in [4.69, 9.17) is 16.3 Å². The molecule has 0 amide bonds. The molecule has 30 heavy (non-hydrogen) atoms. The van der Waals surface area contributed by atoms with Crippen LogP contribution < -0.4 is 9.64 Å². The maximum Gasteiger partial charge on any atom is 0.146 e. The third kappa shape index (κ3) is 4.90. The second-order valence-electron chi connectivity index (χ2n) is 8.65. The van der Waals surface area contributed by atoms with Crippen LogP contribution in [-0.2, 0) is 0 Å². The monoisotopic (exact) mass is 432 g/mol. The van der Waals surface area contributed by atoms with E-state index in [0.29, 0.717) is 35.3 Å². The zero-order valence-electron chi connectivity index (χ0n) is 17.5. The number of para-hydroxylation sites is 1. The highest BCUT2D eigenvalue weighted by molar-refractivity contribution is 6.32. The minimum atomic E-state index is -0.822. The largest absolute Gasteiger partial charge is 0.489 e. The van der Waals surface area contributed by atoms with Crippen LogP contribution in [0.1, 0.15) is 31.2 Å². The van der Waals surface area contributed by atoms with Gasteiger partial charge in [0.2, 0.25) is 0 Å². The molecule has 0 aliphatic carbocycles. The Hall–Kier alpha value is -1.82. The van der Waals surface area contributed by atoms with Crippen molar-refractivity contribution >= 4 is 17.3 Å². The van der Waals surface area contributed by atoms with Crippen LogP contribution in [0.4, 0.5) is 10.1 Å². The first-order chi connectivity index (χ1) is 14.4. The van der Waals surface area contributed by atoms with Gasteiger partial charge in [0.25, 0.3) is 0 Å². The maximum atomic E-state index is 14.1. The van der Waals surface area contributed by atoms with Crippen LogP contribution in [0.15, 0.2) is 42.5 Å². The zero-order chi connectivity index (χ0) is 21.1. The molecule has 6 heteroatoms. The van der Waals surface area contributed by atoms with Crippen molar-refractivity contribution in [2.24, 2.45) is 0 Å². The number of aliphatic hydroxyl groups is 1. The summed E-state index contributed by atoms with van der Waals surface area (Å²) >= 11 is 6.21. The van der Waals surface area contributed by atoms with Crippen molar-refractivity contribution in [3.8, 4) is 5.75 Å². The van der Waals surface area contributed by atoms with Crippen molar-refractivity contribution in [2.75, 3.05) is 37.7 Å². The Labute approximate surface area is 183 Å². The predicted octanol–water partition coefficient (Wildman–Crippen LogP) is 4.66. The van der Waals surface area contributed by atoms with Crippen molar-refractivity contribution in [3.63, 3.8) is 0 Å². The molecule has 2 heterocycles. The molecule has 2 fully saturated rings. The quantitative estimate of drug-likeness (QED) is 0.745.